The number of carbonyl (C=O) groups is 1. The van der Waals surface area contributed by atoms with Gasteiger partial charge in [-0.15, -0.1) is 0 Å². The molecule has 0 radical (unpaired) electrons. The average Bonchev–Trinajstić information content (AvgIpc) is 2.71. The maximum Gasteiger partial charge on any atom is 0.224 e. The summed E-state index contributed by atoms with van der Waals surface area (Å²) in [6.45, 7) is 2.59. The van der Waals surface area contributed by atoms with Crippen molar-refractivity contribution in [2.24, 2.45) is 17.6 Å². The molecular formula is C14H26N2O2. The quantitative estimate of drug-likeness (QED) is 0.707. The third-order valence-corrected chi connectivity index (χ3v) is 4.73. The number of aliphatic hydroxyl groups is 1. The number of hydrogen-bond donors (Lipinski definition) is 3. The van der Waals surface area contributed by atoms with Crippen molar-refractivity contribution in [3.8, 4) is 0 Å². The van der Waals surface area contributed by atoms with Gasteiger partial charge in [0.05, 0.1) is 12.0 Å². The van der Waals surface area contributed by atoms with Crippen molar-refractivity contribution in [2.75, 3.05) is 6.54 Å². The first-order chi connectivity index (χ1) is 8.50. The van der Waals surface area contributed by atoms with Crippen LogP contribution in [0.2, 0.25) is 0 Å². The van der Waals surface area contributed by atoms with E-state index in [9.17, 15) is 9.90 Å². The van der Waals surface area contributed by atoms with Gasteiger partial charge in [-0.25, -0.2) is 0 Å². The summed E-state index contributed by atoms with van der Waals surface area (Å²) in [5.41, 5.74) is 5.86. The summed E-state index contributed by atoms with van der Waals surface area (Å²) in [5, 5.41) is 12.7. The maximum atomic E-state index is 12.2. The third kappa shape index (κ3) is 3.04. The van der Waals surface area contributed by atoms with E-state index in [2.05, 4.69) is 5.32 Å². The van der Waals surface area contributed by atoms with Gasteiger partial charge in [-0.1, -0.05) is 19.3 Å². The molecule has 2 fully saturated rings. The molecule has 0 bridgehead atoms. The standard InChI is InChI=1S/C14H26N2O2/c1-14(15)8-3-2-6-11(14)13(18)16-9-10-5-4-7-12(10)17/h10-12,17H,2-9,15H2,1H3,(H,16,18). The van der Waals surface area contributed by atoms with Crippen LogP contribution >= 0.6 is 0 Å². The monoisotopic (exact) mass is 254 g/mol. The minimum atomic E-state index is -0.364. The van der Waals surface area contributed by atoms with Crippen LogP contribution in [0.1, 0.15) is 51.9 Å². The van der Waals surface area contributed by atoms with Crippen molar-refractivity contribution in [1.29, 1.82) is 0 Å². The van der Waals surface area contributed by atoms with Crippen LogP contribution in [0, 0.1) is 11.8 Å². The van der Waals surface area contributed by atoms with Gasteiger partial charge in [0, 0.05) is 18.0 Å². The number of nitrogens with two attached hydrogens (primary N) is 1. The van der Waals surface area contributed by atoms with Crippen LogP contribution in [0.4, 0.5) is 0 Å². The van der Waals surface area contributed by atoms with E-state index in [0.717, 1.165) is 44.9 Å². The highest BCUT2D eigenvalue weighted by Gasteiger charge is 2.38. The summed E-state index contributed by atoms with van der Waals surface area (Å²) in [4.78, 5) is 12.2. The average molecular weight is 254 g/mol. The highest BCUT2D eigenvalue weighted by molar-refractivity contribution is 5.80. The summed E-state index contributed by atoms with van der Waals surface area (Å²) in [7, 11) is 0. The molecule has 0 aromatic carbocycles. The first-order valence-electron chi connectivity index (χ1n) is 7.25. The van der Waals surface area contributed by atoms with E-state index in [1.807, 2.05) is 6.92 Å². The fraction of sp³-hybridized carbons (Fsp3) is 0.929. The molecule has 2 saturated carbocycles. The Morgan fingerprint density at radius 2 is 2.11 bits per heavy atom. The van der Waals surface area contributed by atoms with Crippen molar-refractivity contribution >= 4 is 5.91 Å². The van der Waals surface area contributed by atoms with Gasteiger partial charge in [0.2, 0.25) is 5.91 Å². The number of hydrogen-bond acceptors (Lipinski definition) is 3. The summed E-state index contributed by atoms with van der Waals surface area (Å²) in [5.74, 6) is 0.255. The zero-order chi connectivity index (χ0) is 13.2. The van der Waals surface area contributed by atoms with Crippen LogP contribution in [0.3, 0.4) is 0 Å². The predicted molar refractivity (Wildman–Crippen MR) is 70.9 cm³/mol. The lowest BCUT2D eigenvalue weighted by atomic mass is 9.74. The van der Waals surface area contributed by atoms with Crippen LogP contribution in [-0.4, -0.2) is 29.2 Å². The molecular weight excluding hydrogens is 228 g/mol. The van der Waals surface area contributed by atoms with Crippen molar-refractivity contribution in [3.05, 3.63) is 0 Å². The van der Waals surface area contributed by atoms with Crippen molar-refractivity contribution in [1.82, 2.24) is 5.32 Å². The Morgan fingerprint density at radius 1 is 1.33 bits per heavy atom. The van der Waals surface area contributed by atoms with Crippen LogP contribution < -0.4 is 11.1 Å². The van der Waals surface area contributed by atoms with Crippen molar-refractivity contribution < 1.29 is 9.90 Å². The molecule has 4 heteroatoms. The summed E-state index contributed by atoms with van der Waals surface area (Å²) in [6, 6.07) is 0. The summed E-state index contributed by atoms with van der Waals surface area (Å²) in [6.07, 6.45) is 6.77. The Kier molecular flexibility index (Phi) is 4.28. The van der Waals surface area contributed by atoms with E-state index in [4.69, 9.17) is 5.73 Å². The molecule has 0 heterocycles. The van der Waals surface area contributed by atoms with Crippen LogP contribution in [0.5, 0.6) is 0 Å². The Balaban J connectivity index is 1.83. The smallest absolute Gasteiger partial charge is 0.224 e. The van der Waals surface area contributed by atoms with Gasteiger partial charge in [0.25, 0.3) is 0 Å². The molecule has 4 N–H and O–H groups in total. The lowest BCUT2D eigenvalue weighted by Crippen LogP contribution is -2.53. The predicted octanol–water partition coefficient (Wildman–Crippen LogP) is 1.17. The molecule has 18 heavy (non-hydrogen) atoms. The van der Waals surface area contributed by atoms with E-state index in [1.54, 1.807) is 0 Å². The molecule has 2 aliphatic rings. The van der Waals surface area contributed by atoms with E-state index < -0.39 is 0 Å². The molecule has 0 saturated heterocycles. The Hall–Kier alpha value is -0.610. The van der Waals surface area contributed by atoms with Crippen molar-refractivity contribution in [2.45, 2.75) is 63.5 Å². The zero-order valence-electron chi connectivity index (χ0n) is 11.3. The fourth-order valence-corrected chi connectivity index (χ4v) is 3.40. The van der Waals surface area contributed by atoms with E-state index in [1.165, 1.54) is 0 Å². The van der Waals surface area contributed by atoms with Crippen molar-refractivity contribution in [3.63, 3.8) is 0 Å². The molecule has 2 aliphatic carbocycles. The Bertz CT molecular complexity index is 304. The minimum absolute atomic E-state index is 0.0650. The second kappa shape index (κ2) is 5.57. The van der Waals surface area contributed by atoms with Gasteiger partial charge in [-0.2, -0.15) is 0 Å². The highest BCUT2D eigenvalue weighted by Crippen LogP contribution is 2.32. The van der Waals surface area contributed by atoms with E-state index in [0.29, 0.717) is 6.54 Å². The number of nitrogens with one attached hydrogen (secondary N) is 1. The molecule has 0 aromatic heterocycles. The van der Waals surface area contributed by atoms with Gasteiger partial charge >= 0.3 is 0 Å². The van der Waals surface area contributed by atoms with Gasteiger partial charge in [-0.05, 0) is 32.6 Å². The second-order valence-electron chi connectivity index (χ2n) is 6.31. The van der Waals surface area contributed by atoms with Crippen LogP contribution in [-0.2, 0) is 4.79 Å². The molecule has 2 rings (SSSR count). The van der Waals surface area contributed by atoms with Gasteiger partial charge in [0.1, 0.15) is 0 Å². The molecule has 0 spiro atoms. The second-order valence-corrected chi connectivity index (χ2v) is 6.31. The molecule has 1 amide bonds. The number of aliphatic hydroxyl groups excluding tert-OH is 1. The molecule has 4 atom stereocenters. The number of amides is 1. The van der Waals surface area contributed by atoms with E-state index >= 15 is 0 Å². The molecule has 0 aromatic rings. The number of carbonyl (C=O) groups excluding carboxylic acids is 1. The zero-order valence-corrected chi connectivity index (χ0v) is 11.3. The lowest BCUT2D eigenvalue weighted by Gasteiger charge is -2.37. The topological polar surface area (TPSA) is 75.4 Å². The SMILES string of the molecule is CC1(N)CCCCC1C(=O)NCC1CCCC1O. The first-order valence-corrected chi connectivity index (χ1v) is 7.25. The largest absolute Gasteiger partial charge is 0.393 e. The fourth-order valence-electron chi connectivity index (χ4n) is 3.40. The normalized spacial score (nSPS) is 40.7. The van der Waals surface area contributed by atoms with E-state index in [-0.39, 0.29) is 29.4 Å². The first kappa shape index (κ1) is 13.8. The van der Waals surface area contributed by atoms with Crippen LogP contribution in [0.15, 0.2) is 0 Å². The van der Waals surface area contributed by atoms with Gasteiger partial charge in [-0.3, -0.25) is 4.79 Å². The van der Waals surface area contributed by atoms with Gasteiger partial charge in [0.15, 0.2) is 0 Å². The molecule has 4 unspecified atom stereocenters. The van der Waals surface area contributed by atoms with Gasteiger partial charge < -0.3 is 16.2 Å². The summed E-state index contributed by atoms with van der Waals surface area (Å²) < 4.78 is 0. The highest BCUT2D eigenvalue weighted by atomic mass is 16.3. The van der Waals surface area contributed by atoms with Crippen LogP contribution in [0.25, 0.3) is 0 Å². The minimum Gasteiger partial charge on any atom is -0.393 e. The number of rotatable bonds is 3. The lowest BCUT2D eigenvalue weighted by molar-refractivity contribution is -0.128. The maximum absolute atomic E-state index is 12.2. The molecule has 0 aliphatic heterocycles. The molecule has 104 valence electrons. The Labute approximate surface area is 109 Å². The summed E-state index contributed by atoms with van der Waals surface area (Å²) >= 11 is 0. The Morgan fingerprint density at radius 3 is 2.72 bits per heavy atom. The molecule has 4 nitrogen and oxygen atoms in total. The third-order valence-electron chi connectivity index (χ3n) is 4.73.